The standard InChI is InChI=1S/C18H14BrClN2O3S/c19-15-4-2-1-3-14(15)18-22-21-16(25-18)9-26-8-12-6-13(20)5-11-7-23-10-24-17(11)12/h1-6H,7-10H2. The molecular formula is C18H14BrClN2O3S. The second-order valence-corrected chi connectivity index (χ2v) is 7.91. The predicted octanol–water partition coefficient (Wildman–Crippen LogP) is 5.45. The van der Waals surface area contributed by atoms with Crippen molar-refractivity contribution in [2.24, 2.45) is 0 Å². The molecule has 2 heterocycles. The van der Waals surface area contributed by atoms with Crippen LogP contribution in [0, 0.1) is 0 Å². The van der Waals surface area contributed by atoms with Crippen molar-refractivity contribution >= 4 is 39.3 Å². The van der Waals surface area contributed by atoms with E-state index in [2.05, 4.69) is 26.1 Å². The Balaban J connectivity index is 1.43. The van der Waals surface area contributed by atoms with E-state index < -0.39 is 0 Å². The number of hydrogen-bond donors (Lipinski definition) is 0. The third-order valence-electron chi connectivity index (χ3n) is 3.81. The minimum atomic E-state index is 0.269. The van der Waals surface area contributed by atoms with E-state index in [1.54, 1.807) is 11.8 Å². The summed E-state index contributed by atoms with van der Waals surface area (Å²) in [6.07, 6.45) is 0. The topological polar surface area (TPSA) is 57.4 Å². The molecule has 0 unspecified atom stereocenters. The maximum Gasteiger partial charge on any atom is 0.248 e. The van der Waals surface area contributed by atoms with Gasteiger partial charge in [0.05, 0.1) is 17.9 Å². The van der Waals surface area contributed by atoms with Crippen molar-refractivity contribution in [1.29, 1.82) is 0 Å². The lowest BCUT2D eigenvalue weighted by Crippen LogP contribution is -2.12. The zero-order valence-electron chi connectivity index (χ0n) is 13.6. The van der Waals surface area contributed by atoms with E-state index in [4.69, 9.17) is 25.5 Å². The summed E-state index contributed by atoms with van der Waals surface area (Å²) in [5, 5.41) is 8.95. The van der Waals surface area contributed by atoms with Gasteiger partial charge >= 0.3 is 0 Å². The molecule has 0 aliphatic carbocycles. The highest BCUT2D eigenvalue weighted by molar-refractivity contribution is 9.10. The van der Waals surface area contributed by atoms with Crippen molar-refractivity contribution in [1.82, 2.24) is 10.2 Å². The number of hydrogen-bond acceptors (Lipinski definition) is 6. The minimum Gasteiger partial charge on any atom is -0.467 e. The lowest BCUT2D eigenvalue weighted by Gasteiger charge is -2.20. The molecular weight excluding hydrogens is 440 g/mol. The number of benzene rings is 2. The Labute approximate surface area is 168 Å². The van der Waals surface area contributed by atoms with Crippen LogP contribution < -0.4 is 4.74 Å². The van der Waals surface area contributed by atoms with Gasteiger partial charge in [0.2, 0.25) is 11.8 Å². The van der Waals surface area contributed by atoms with Gasteiger partial charge in [-0.1, -0.05) is 23.7 Å². The molecule has 0 atom stereocenters. The molecule has 26 heavy (non-hydrogen) atoms. The van der Waals surface area contributed by atoms with Crippen molar-refractivity contribution < 1.29 is 13.9 Å². The van der Waals surface area contributed by atoms with Crippen LogP contribution in [0.15, 0.2) is 45.3 Å². The van der Waals surface area contributed by atoms with Gasteiger partial charge in [-0.25, -0.2) is 0 Å². The van der Waals surface area contributed by atoms with Crippen molar-refractivity contribution in [2.75, 3.05) is 6.79 Å². The monoisotopic (exact) mass is 452 g/mol. The second-order valence-electron chi connectivity index (χ2n) is 5.64. The Morgan fingerprint density at radius 3 is 2.92 bits per heavy atom. The fourth-order valence-corrected chi connectivity index (χ4v) is 4.21. The van der Waals surface area contributed by atoms with E-state index in [9.17, 15) is 0 Å². The molecule has 0 amide bonds. The zero-order chi connectivity index (χ0) is 17.9. The van der Waals surface area contributed by atoms with E-state index in [0.717, 1.165) is 32.7 Å². The van der Waals surface area contributed by atoms with E-state index in [0.29, 0.717) is 29.2 Å². The number of fused-ring (bicyclic) bond motifs is 1. The van der Waals surface area contributed by atoms with Crippen LogP contribution in [0.4, 0.5) is 0 Å². The maximum absolute atomic E-state index is 6.20. The Morgan fingerprint density at radius 2 is 2.04 bits per heavy atom. The summed E-state index contributed by atoms with van der Waals surface area (Å²) in [5.74, 6) is 3.30. The predicted molar refractivity (Wildman–Crippen MR) is 104 cm³/mol. The van der Waals surface area contributed by atoms with Gasteiger partial charge in [-0.2, -0.15) is 0 Å². The first-order chi connectivity index (χ1) is 12.7. The molecule has 0 saturated carbocycles. The van der Waals surface area contributed by atoms with Crippen LogP contribution in [0.25, 0.3) is 11.5 Å². The van der Waals surface area contributed by atoms with Gasteiger partial charge in [0, 0.05) is 26.4 Å². The number of halogens is 2. The van der Waals surface area contributed by atoms with Crippen LogP contribution in [0.5, 0.6) is 5.75 Å². The lowest BCUT2D eigenvalue weighted by molar-refractivity contribution is -0.0168. The summed E-state index contributed by atoms with van der Waals surface area (Å²) in [6.45, 7) is 0.789. The largest absolute Gasteiger partial charge is 0.467 e. The van der Waals surface area contributed by atoms with Crippen LogP contribution in [0.1, 0.15) is 17.0 Å². The summed E-state index contributed by atoms with van der Waals surface area (Å²) in [5.41, 5.74) is 2.91. The maximum atomic E-state index is 6.20. The Kier molecular flexibility index (Phi) is 5.49. The summed E-state index contributed by atoms with van der Waals surface area (Å²) < 4.78 is 17.6. The number of nitrogens with zero attached hydrogens (tertiary/aromatic N) is 2. The van der Waals surface area contributed by atoms with Gasteiger partial charge in [-0.3, -0.25) is 0 Å². The van der Waals surface area contributed by atoms with Crippen LogP contribution >= 0.6 is 39.3 Å². The zero-order valence-corrected chi connectivity index (χ0v) is 16.7. The average molecular weight is 454 g/mol. The summed E-state index contributed by atoms with van der Waals surface area (Å²) >= 11 is 11.4. The normalized spacial score (nSPS) is 13.3. The highest BCUT2D eigenvalue weighted by atomic mass is 79.9. The van der Waals surface area contributed by atoms with Crippen LogP contribution in [-0.4, -0.2) is 17.0 Å². The van der Waals surface area contributed by atoms with Crippen LogP contribution in [0.3, 0.4) is 0 Å². The summed E-state index contributed by atoms with van der Waals surface area (Å²) in [7, 11) is 0. The quantitative estimate of drug-likeness (QED) is 0.512. The third-order valence-corrected chi connectivity index (χ3v) is 5.68. The lowest BCUT2D eigenvalue weighted by atomic mass is 10.1. The summed E-state index contributed by atoms with van der Waals surface area (Å²) in [6, 6.07) is 11.6. The molecule has 3 aromatic rings. The average Bonchev–Trinajstić information content (AvgIpc) is 3.10. The molecule has 5 nitrogen and oxygen atoms in total. The number of rotatable bonds is 5. The Morgan fingerprint density at radius 1 is 1.15 bits per heavy atom. The third kappa shape index (κ3) is 3.91. The molecule has 134 valence electrons. The number of thioether (sulfide) groups is 1. The highest BCUT2D eigenvalue weighted by Gasteiger charge is 2.17. The van der Waals surface area contributed by atoms with E-state index in [1.165, 1.54) is 0 Å². The van der Waals surface area contributed by atoms with Crippen molar-refractivity contribution in [2.45, 2.75) is 18.1 Å². The van der Waals surface area contributed by atoms with Crippen molar-refractivity contribution in [3.05, 3.63) is 62.9 Å². The Hall–Kier alpha value is -1.54. The van der Waals surface area contributed by atoms with Gasteiger partial charge in [0.15, 0.2) is 6.79 Å². The minimum absolute atomic E-state index is 0.269. The molecule has 0 bridgehead atoms. The van der Waals surface area contributed by atoms with E-state index in [-0.39, 0.29) is 6.79 Å². The van der Waals surface area contributed by atoms with Crippen LogP contribution in [0.2, 0.25) is 5.02 Å². The summed E-state index contributed by atoms with van der Waals surface area (Å²) in [4.78, 5) is 0. The first-order valence-corrected chi connectivity index (χ1v) is 10.2. The van der Waals surface area contributed by atoms with Gasteiger partial charge in [-0.15, -0.1) is 22.0 Å². The molecule has 4 rings (SSSR count). The smallest absolute Gasteiger partial charge is 0.248 e. The second kappa shape index (κ2) is 8.00. The SMILES string of the molecule is Clc1cc2c(c(CSCc3nnc(-c4ccccc4Br)o3)c1)OCOC2. The van der Waals surface area contributed by atoms with Gasteiger partial charge in [-0.05, 0) is 40.2 Å². The molecule has 0 N–H and O–H groups in total. The van der Waals surface area contributed by atoms with Crippen LogP contribution in [-0.2, 0) is 22.8 Å². The van der Waals surface area contributed by atoms with E-state index >= 15 is 0 Å². The first-order valence-electron chi connectivity index (χ1n) is 7.87. The molecule has 0 spiro atoms. The fourth-order valence-electron chi connectivity index (χ4n) is 2.67. The number of ether oxygens (including phenoxy) is 2. The molecule has 1 aliphatic rings. The first kappa shape index (κ1) is 17.9. The van der Waals surface area contributed by atoms with E-state index in [1.807, 2.05) is 36.4 Å². The van der Waals surface area contributed by atoms with Gasteiger partial charge in [0.25, 0.3) is 0 Å². The Bertz CT molecular complexity index is 935. The molecule has 1 aromatic heterocycles. The number of aromatic nitrogens is 2. The van der Waals surface area contributed by atoms with Crippen molar-refractivity contribution in [3.8, 4) is 17.2 Å². The molecule has 0 radical (unpaired) electrons. The van der Waals surface area contributed by atoms with Gasteiger partial charge in [0.1, 0.15) is 5.75 Å². The van der Waals surface area contributed by atoms with Crippen molar-refractivity contribution in [3.63, 3.8) is 0 Å². The van der Waals surface area contributed by atoms with Gasteiger partial charge < -0.3 is 13.9 Å². The fraction of sp³-hybridized carbons (Fsp3) is 0.222. The molecule has 0 fully saturated rings. The molecule has 0 saturated heterocycles. The molecule has 1 aliphatic heterocycles. The molecule has 2 aromatic carbocycles. The highest BCUT2D eigenvalue weighted by Crippen LogP contribution is 2.34. The molecule has 8 heteroatoms.